The summed E-state index contributed by atoms with van der Waals surface area (Å²) in [6.07, 6.45) is -3.09. The van der Waals surface area contributed by atoms with Crippen LogP contribution < -0.4 is 16.4 Å². The van der Waals surface area contributed by atoms with Gasteiger partial charge in [-0.1, -0.05) is 42.8 Å². The molecular weight excluding hydrogens is 543 g/mol. The van der Waals surface area contributed by atoms with Crippen LogP contribution in [0.1, 0.15) is 60.1 Å². The van der Waals surface area contributed by atoms with Crippen LogP contribution in [0.4, 0.5) is 18.9 Å². The first-order chi connectivity index (χ1) is 19.3. The number of carbonyl (C=O) groups excluding carboxylic acids is 4. The van der Waals surface area contributed by atoms with Crippen LogP contribution in [-0.2, 0) is 25.5 Å². The van der Waals surface area contributed by atoms with E-state index in [0.717, 1.165) is 24.8 Å². The maximum atomic E-state index is 14.1. The van der Waals surface area contributed by atoms with Crippen molar-refractivity contribution in [1.29, 1.82) is 0 Å². The number of hydrogen-bond acceptors (Lipinski definition) is 6. The average molecular weight is 576 g/mol. The molecule has 0 fully saturated rings. The molecule has 2 unspecified atom stereocenters. The van der Waals surface area contributed by atoms with E-state index in [1.54, 1.807) is 42.5 Å². The monoisotopic (exact) mass is 575 g/mol. The fourth-order valence-corrected chi connectivity index (χ4v) is 4.64. The zero-order valence-electron chi connectivity index (χ0n) is 22.7. The van der Waals surface area contributed by atoms with Crippen LogP contribution in [0.3, 0.4) is 0 Å². The summed E-state index contributed by atoms with van der Waals surface area (Å²) in [5.74, 6) is -5.17. The highest BCUT2D eigenvalue weighted by molar-refractivity contribution is 6.11. The zero-order valence-corrected chi connectivity index (χ0v) is 22.7. The Morgan fingerprint density at radius 3 is 2.37 bits per heavy atom. The number of hydrogen-bond donors (Lipinski definition) is 2. The number of aryl methyl sites for hydroxylation is 1. The van der Waals surface area contributed by atoms with E-state index in [9.17, 15) is 32.3 Å². The molecule has 10 nitrogen and oxygen atoms in total. The van der Waals surface area contributed by atoms with Gasteiger partial charge in [-0.25, -0.2) is 4.79 Å². The predicted octanol–water partition coefficient (Wildman–Crippen LogP) is 3.24. The number of likely N-dealkylation sites (N-methyl/N-ethyl adjacent to an activating group) is 1. The minimum Gasteiger partial charge on any atom is -0.386 e. The fourth-order valence-electron chi connectivity index (χ4n) is 4.64. The minimum atomic E-state index is -5.36. The number of benzene rings is 2. The number of nitrogens with zero attached hydrogens (tertiary/aromatic N) is 3. The first-order valence-electron chi connectivity index (χ1n) is 13.0. The Bertz CT molecular complexity index is 1310. The highest BCUT2D eigenvalue weighted by atomic mass is 19.4. The first-order valence-corrected chi connectivity index (χ1v) is 13.0. The van der Waals surface area contributed by atoms with E-state index in [0.29, 0.717) is 24.2 Å². The van der Waals surface area contributed by atoms with Crippen molar-refractivity contribution >= 4 is 35.4 Å². The van der Waals surface area contributed by atoms with Gasteiger partial charge in [0.15, 0.2) is 5.96 Å². The Balaban J connectivity index is 1.92. The fraction of sp³-hybridized carbons (Fsp3) is 0.393. The maximum absolute atomic E-state index is 14.1. The normalized spacial score (nSPS) is 16.1. The second kappa shape index (κ2) is 13.3. The third kappa shape index (κ3) is 7.83. The number of carbonyl (C=O) groups is 4. The molecule has 0 saturated carbocycles. The van der Waals surface area contributed by atoms with Crippen molar-refractivity contribution in [3.63, 3.8) is 0 Å². The first kappa shape index (κ1) is 31.1. The van der Waals surface area contributed by atoms with Gasteiger partial charge in [0.1, 0.15) is 6.04 Å². The number of aliphatic imine (C=N–C) groups is 1. The van der Waals surface area contributed by atoms with Crippen LogP contribution in [0.2, 0.25) is 0 Å². The van der Waals surface area contributed by atoms with Crippen molar-refractivity contribution in [3.05, 3.63) is 65.2 Å². The second-order valence-corrected chi connectivity index (χ2v) is 9.70. The van der Waals surface area contributed by atoms with Gasteiger partial charge in [0.05, 0.1) is 17.7 Å². The molecule has 1 aliphatic rings. The number of amides is 2. The van der Waals surface area contributed by atoms with Crippen LogP contribution >= 0.6 is 0 Å². The number of nitrogens with two attached hydrogens (primary N) is 2. The van der Waals surface area contributed by atoms with Gasteiger partial charge >= 0.3 is 18.1 Å². The smallest absolute Gasteiger partial charge is 0.386 e. The summed E-state index contributed by atoms with van der Waals surface area (Å²) in [6, 6.07) is 11.2. The Kier molecular flexibility index (Phi) is 10.1. The number of guanidine groups is 1. The lowest BCUT2D eigenvalue weighted by atomic mass is 10.00. The van der Waals surface area contributed by atoms with Crippen LogP contribution in [0.25, 0.3) is 0 Å². The van der Waals surface area contributed by atoms with Crippen molar-refractivity contribution in [2.45, 2.75) is 57.3 Å². The number of rotatable bonds is 10. The number of unbranched alkanes of at least 4 members (excludes halogenated alkanes) is 2. The SMILES string of the molecule is CC(CC(=O)OC(=O)C(F)(F)F)N1C(=O)c2cc(CCCCCN=C(N)N)ccc2N(C)C(=O)C1c1ccccc1. The van der Waals surface area contributed by atoms with Gasteiger partial charge in [0.25, 0.3) is 11.8 Å². The molecule has 0 radical (unpaired) electrons. The van der Waals surface area contributed by atoms with Gasteiger partial charge < -0.3 is 26.0 Å². The molecule has 3 rings (SSSR count). The van der Waals surface area contributed by atoms with Gasteiger partial charge in [-0.05, 0) is 49.4 Å². The molecular formula is C28H32F3N5O5. The summed E-state index contributed by atoms with van der Waals surface area (Å²) in [6.45, 7) is 1.91. The highest BCUT2D eigenvalue weighted by Crippen LogP contribution is 2.36. The molecule has 1 heterocycles. The van der Waals surface area contributed by atoms with E-state index in [1.165, 1.54) is 23.8 Å². The largest absolute Gasteiger partial charge is 0.491 e. The molecule has 4 N–H and O–H groups in total. The quantitative estimate of drug-likeness (QED) is 0.145. The molecule has 1 aliphatic heterocycles. The van der Waals surface area contributed by atoms with Crippen LogP contribution in [-0.4, -0.2) is 60.4 Å². The lowest BCUT2D eigenvalue weighted by Crippen LogP contribution is -2.46. The van der Waals surface area contributed by atoms with Gasteiger partial charge in [-0.15, -0.1) is 0 Å². The molecule has 2 aromatic rings. The summed E-state index contributed by atoms with van der Waals surface area (Å²) in [5.41, 5.74) is 12.5. The number of alkyl halides is 3. The standard InChI is InChI=1S/C28H32F3N5O5/c1-17(15-22(37)41-26(40)28(29,30)31)36-23(19-10-6-3-7-11-19)25(39)35(2)21-13-12-18(16-20(21)24(36)38)9-5-4-8-14-34-27(32)33/h3,6-7,10-13,16-17,23H,4-5,8-9,14-15H2,1-2H3,(H4,32,33,34). The van der Waals surface area contributed by atoms with Crippen molar-refractivity contribution in [3.8, 4) is 0 Å². The lowest BCUT2D eigenvalue weighted by Gasteiger charge is -2.34. The van der Waals surface area contributed by atoms with E-state index in [4.69, 9.17) is 11.5 Å². The molecule has 0 spiro atoms. The topological polar surface area (TPSA) is 148 Å². The van der Waals surface area contributed by atoms with E-state index in [-0.39, 0.29) is 11.5 Å². The van der Waals surface area contributed by atoms with Crippen molar-refractivity contribution < 1.29 is 37.1 Å². The van der Waals surface area contributed by atoms with E-state index < -0.39 is 48.4 Å². The van der Waals surface area contributed by atoms with Crippen LogP contribution in [0.15, 0.2) is 53.5 Å². The van der Waals surface area contributed by atoms with Gasteiger partial charge in [-0.3, -0.25) is 19.4 Å². The number of fused-ring (bicyclic) bond motifs is 1. The van der Waals surface area contributed by atoms with E-state index in [1.807, 2.05) is 6.07 Å². The minimum absolute atomic E-state index is 0.0285. The highest BCUT2D eigenvalue weighted by Gasteiger charge is 2.44. The Labute approximate surface area is 235 Å². The molecule has 2 amide bonds. The number of anilines is 1. The van der Waals surface area contributed by atoms with E-state index >= 15 is 0 Å². The van der Waals surface area contributed by atoms with Crippen LogP contribution in [0.5, 0.6) is 0 Å². The Morgan fingerprint density at radius 1 is 1.05 bits per heavy atom. The lowest BCUT2D eigenvalue weighted by molar-refractivity contribution is -0.202. The van der Waals surface area contributed by atoms with Gasteiger partial charge in [0.2, 0.25) is 0 Å². The predicted molar refractivity (Wildman–Crippen MR) is 145 cm³/mol. The molecule has 2 aromatic carbocycles. The van der Waals surface area contributed by atoms with Crippen LogP contribution in [0, 0.1) is 0 Å². The summed E-state index contributed by atoms with van der Waals surface area (Å²) in [7, 11) is 1.53. The number of ether oxygens (including phenoxy) is 1. The third-order valence-electron chi connectivity index (χ3n) is 6.64. The summed E-state index contributed by atoms with van der Waals surface area (Å²) >= 11 is 0. The summed E-state index contributed by atoms with van der Waals surface area (Å²) < 4.78 is 41.8. The molecule has 220 valence electrons. The molecule has 41 heavy (non-hydrogen) atoms. The average Bonchev–Trinajstić information content (AvgIpc) is 2.99. The Morgan fingerprint density at radius 2 is 1.73 bits per heavy atom. The molecule has 0 bridgehead atoms. The number of esters is 2. The maximum Gasteiger partial charge on any atom is 0.491 e. The second-order valence-electron chi connectivity index (χ2n) is 9.70. The molecule has 0 aromatic heterocycles. The van der Waals surface area contributed by atoms with Gasteiger partial charge in [0, 0.05) is 19.6 Å². The summed E-state index contributed by atoms with van der Waals surface area (Å²) in [5, 5.41) is 0. The zero-order chi connectivity index (χ0) is 30.3. The third-order valence-corrected chi connectivity index (χ3v) is 6.64. The molecule has 0 aliphatic carbocycles. The molecule has 0 saturated heterocycles. The van der Waals surface area contributed by atoms with Crippen molar-refractivity contribution in [2.24, 2.45) is 16.5 Å². The van der Waals surface area contributed by atoms with Gasteiger partial charge in [-0.2, -0.15) is 13.2 Å². The Hall–Kier alpha value is -4.42. The molecule has 2 atom stereocenters. The van der Waals surface area contributed by atoms with Crippen molar-refractivity contribution in [2.75, 3.05) is 18.5 Å². The number of halogens is 3. The molecule has 13 heteroatoms. The van der Waals surface area contributed by atoms with E-state index in [2.05, 4.69) is 9.73 Å². The summed E-state index contributed by atoms with van der Waals surface area (Å²) in [4.78, 5) is 57.7. The van der Waals surface area contributed by atoms with Crippen molar-refractivity contribution in [1.82, 2.24) is 4.90 Å².